The van der Waals surface area contributed by atoms with Crippen molar-refractivity contribution >= 4 is 11.3 Å². The maximum atomic E-state index is 8.69. The van der Waals surface area contributed by atoms with Crippen molar-refractivity contribution < 1.29 is 0 Å². The van der Waals surface area contributed by atoms with Crippen molar-refractivity contribution in [2.45, 2.75) is 12.8 Å². The van der Waals surface area contributed by atoms with Gasteiger partial charge in [-0.15, -0.1) is 10.2 Å². The van der Waals surface area contributed by atoms with E-state index in [2.05, 4.69) is 20.5 Å². The van der Waals surface area contributed by atoms with Gasteiger partial charge in [0.15, 0.2) is 5.65 Å². The highest BCUT2D eigenvalue weighted by atomic mass is 15.2. The molecule has 0 aliphatic heterocycles. The van der Waals surface area contributed by atoms with Crippen molar-refractivity contribution in [3.8, 4) is 6.07 Å². The Morgan fingerprint density at radius 2 is 2.14 bits per heavy atom. The number of hydrogen-bond acceptors (Lipinski definition) is 5. The van der Waals surface area contributed by atoms with Gasteiger partial charge in [-0.2, -0.15) is 5.26 Å². The third kappa shape index (κ3) is 2.98. The molecular formula is C15H14N6. The van der Waals surface area contributed by atoms with Gasteiger partial charge in [0, 0.05) is 19.2 Å². The van der Waals surface area contributed by atoms with Gasteiger partial charge in [0.25, 0.3) is 0 Å². The zero-order valence-electron chi connectivity index (χ0n) is 11.4. The molecule has 0 fully saturated rings. The summed E-state index contributed by atoms with van der Waals surface area (Å²) < 4.78 is 2.00. The summed E-state index contributed by atoms with van der Waals surface area (Å²) in [5.74, 6) is 0.963. The monoisotopic (exact) mass is 278 g/mol. The van der Waals surface area contributed by atoms with Crippen LogP contribution in [0.25, 0.3) is 5.65 Å². The van der Waals surface area contributed by atoms with Crippen LogP contribution in [0.3, 0.4) is 0 Å². The zero-order valence-corrected chi connectivity index (χ0v) is 11.4. The van der Waals surface area contributed by atoms with Crippen molar-refractivity contribution in [3.05, 3.63) is 54.2 Å². The van der Waals surface area contributed by atoms with E-state index in [1.165, 1.54) is 0 Å². The zero-order chi connectivity index (χ0) is 14.5. The Balaban J connectivity index is 1.53. The van der Waals surface area contributed by atoms with Gasteiger partial charge in [0.05, 0.1) is 11.9 Å². The molecule has 3 heterocycles. The predicted molar refractivity (Wildman–Crippen MR) is 78.7 cm³/mol. The van der Waals surface area contributed by atoms with Crippen molar-refractivity contribution in [3.63, 3.8) is 0 Å². The molecule has 0 aliphatic rings. The molecule has 0 aromatic carbocycles. The fourth-order valence-electron chi connectivity index (χ4n) is 2.11. The minimum Gasteiger partial charge on any atom is -0.384 e. The highest BCUT2D eigenvalue weighted by Gasteiger charge is 2.03. The molecule has 3 aromatic rings. The van der Waals surface area contributed by atoms with E-state index in [-0.39, 0.29) is 0 Å². The topological polar surface area (TPSA) is 78.9 Å². The average molecular weight is 278 g/mol. The van der Waals surface area contributed by atoms with Gasteiger partial charge in [-0.3, -0.25) is 4.40 Å². The number of rotatable bonds is 5. The lowest BCUT2D eigenvalue weighted by atomic mass is 10.3. The normalized spacial score (nSPS) is 10.4. The Kier molecular flexibility index (Phi) is 3.74. The van der Waals surface area contributed by atoms with Crippen LogP contribution in [-0.4, -0.2) is 26.1 Å². The van der Waals surface area contributed by atoms with Crippen LogP contribution < -0.4 is 5.32 Å². The van der Waals surface area contributed by atoms with E-state index in [4.69, 9.17) is 5.26 Å². The van der Waals surface area contributed by atoms with Crippen molar-refractivity contribution in [1.82, 2.24) is 19.6 Å². The summed E-state index contributed by atoms with van der Waals surface area (Å²) in [6.07, 6.45) is 5.44. The molecule has 1 N–H and O–H groups in total. The summed E-state index contributed by atoms with van der Waals surface area (Å²) in [7, 11) is 0. The molecule has 0 bridgehead atoms. The summed E-state index contributed by atoms with van der Waals surface area (Å²) >= 11 is 0. The van der Waals surface area contributed by atoms with Crippen LogP contribution in [0.5, 0.6) is 0 Å². The first kappa shape index (κ1) is 13.1. The van der Waals surface area contributed by atoms with Gasteiger partial charge in [-0.05, 0) is 30.7 Å². The molecule has 21 heavy (non-hydrogen) atoms. The molecule has 0 saturated carbocycles. The summed E-state index contributed by atoms with van der Waals surface area (Å²) in [6, 6.07) is 11.4. The Hall–Kier alpha value is -2.94. The third-order valence-electron chi connectivity index (χ3n) is 3.17. The largest absolute Gasteiger partial charge is 0.384 e. The Morgan fingerprint density at radius 1 is 1.19 bits per heavy atom. The van der Waals surface area contributed by atoms with Gasteiger partial charge in [0.1, 0.15) is 17.6 Å². The van der Waals surface area contributed by atoms with E-state index in [9.17, 15) is 0 Å². The van der Waals surface area contributed by atoms with Crippen LogP contribution in [0.2, 0.25) is 0 Å². The highest BCUT2D eigenvalue weighted by molar-refractivity contribution is 5.42. The fourth-order valence-corrected chi connectivity index (χ4v) is 2.11. The summed E-state index contributed by atoms with van der Waals surface area (Å²) in [6.45, 7) is 0.815. The second-order valence-electron chi connectivity index (χ2n) is 4.62. The summed E-state index contributed by atoms with van der Waals surface area (Å²) in [5, 5.41) is 20.3. The number of fused-ring (bicyclic) bond motifs is 1. The number of pyridine rings is 2. The molecule has 0 aliphatic carbocycles. The van der Waals surface area contributed by atoms with Crippen LogP contribution in [0.4, 0.5) is 5.69 Å². The van der Waals surface area contributed by atoms with E-state index in [1.807, 2.05) is 40.9 Å². The predicted octanol–water partition coefficient (Wildman–Crippen LogP) is 2.04. The number of nitriles is 1. The molecular weight excluding hydrogens is 264 g/mol. The Labute approximate surface area is 122 Å². The van der Waals surface area contributed by atoms with Crippen LogP contribution in [-0.2, 0) is 6.42 Å². The quantitative estimate of drug-likeness (QED) is 0.722. The summed E-state index contributed by atoms with van der Waals surface area (Å²) in [4.78, 5) is 4.02. The number of aromatic nitrogens is 4. The van der Waals surface area contributed by atoms with Crippen LogP contribution in [0.15, 0.2) is 42.7 Å². The minimum atomic E-state index is 0.426. The molecule has 0 radical (unpaired) electrons. The molecule has 0 amide bonds. The SMILES string of the molecule is N#Cc1ccc(NCCCc2nnc3ccccn23)cn1. The average Bonchev–Trinajstić information content (AvgIpc) is 2.95. The molecule has 0 unspecified atom stereocenters. The smallest absolute Gasteiger partial charge is 0.160 e. The van der Waals surface area contributed by atoms with Gasteiger partial charge < -0.3 is 5.32 Å². The van der Waals surface area contributed by atoms with E-state index in [1.54, 1.807) is 12.3 Å². The third-order valence-corrected chi connectivity index (χ3v) is 3.17. The summed E-state index contributed by atoms with van der Waals surface area (Å²) in [5.41, 5.74) is 2.22. The fraction of sp³-hybridized carbons (Fsp3) is 0.200. The first-order chi connectivity index (χ1) is 10.4. The van der Waals surface area contributed by atoms with E-state index in [0.717, 1.165) is 36.5 Å². The molecule has 104 valence electrons. The van der Waals surface area contributed by atoms with E-state index < -0.39 is 0 Å². The number of aryl methyl sites for hydroxylation is 1. The van der Waals surface area contributed by atoms with Gasteiger partial charge in [0.2, 0.25) is 0 Å². The lowest BCUT2D eigenvalue weighted by Crippen LogP contribution is -2.05. The number of nitrogens with one attached hydrogen (secondary N) is 1. The maximum absolute atomic E-state index is 8.69. The lowest BCUT2D eigenvalue weighted by Gasteiger charge is -2.05. The van der Waals surface area contributed by atoms with Crippen molar-refractivity contribution in [1.29, 1.82) is 5.26 Å². The molecule has 0 spiro atoms. The Morgan fingerprint density at radius 3 is 2.95 bits per heavy atom. The highest BCUT2D eigenvalue weighted by Crippen LogP contribution is 2.07. The first-order valence-electron chi connectivity index (χ1n) is 6.75. The van der Waals surface area contributed by atoms with Gasteiger partial charge in [-0.1, -0.05) is 6.07 Å². The molecule has 0 atom stereocenters. The van der Waals surface area contributed by atoms with Crippen LogP contribution in [0.1, 0.15) is 17.9 Å². The van der Waals surface area contributed by atoms with Crippen LogP contribution in [0, 0.1) is 11.3 Å². The van der Waals surface area contributed by atoms with E-state index >= 15 is 0 Å². The van der Waals surface area contributed by atoms with Crippen molar-refractivity contribution in [2.75, 3.05) is 11.9 Å². The van der Waals surface area contributed by atoms with Crippen molar-refractivity contribution in [2.24, 2.45) is 0 Å². The second-order valence-corrected chi connectivity index (χ2v) is 4.62. The van der Waals surface area contributed by atoms with Gasteiger partial charge in [-0.25, -0.2) is 4.98 Å². The maximum Gasteiger partial charge on any atom is 0.160 e. The van der Waals surface area contributed by atoms with Gasteiger partial charge >= 0.3 is 0 Å². The molecule has 6 heteroatoms. The Bertz CT molecular complexity index is 769. The van der Waals surface area contributed by atoms with Crippen LogP contribution >= 0.6 is 0 Å². The first-order valence-corrected chi connectivity index (χ1v) is 6.75. The molecule has 6 nitrogen and oxygen atoms in total. The second kappa shape index (κ2) is 6.01. The minimum absolute atomic E-state index is 0.426. The number of hydrogen-bond donors (Lipinski definition) is 1. The lowest BCUT2D eigenvalue weighted by molar-refractivity contribution is 0.788. The standard InChI is InChI=1S/C15H14N6/c16-10-12-6-7-13(11-18-12)17-8-3-5-15-20-19-14-4-1-2-9-21(14)15/h1-2,4,6-7,9,11,17H,3,5,8H2. The molecule has 3 rings (SSSR count). The number of anilines is 1. The molecule has 0 saturated heterocycles. The number of nitrogens with zero attached hydrogens (tertiary/aromatic N) is 5. The molecule has 3 aromatic heterocycles. The van der Waals surface area contributed by atoms with E-state index in [0.29, 0.717) is 5.69 Å².